The summed E-state index contributed by atoms with van der Waals surface area (Å²) in [6.07, 6.45) is 2.00. The first kappa shape index (κ1) is 16.6. The Morgan fingerprint density at radius 2 is 2.10 bits per heavy atom. The first-order chi connectivity index (χ1) is 9.74. The number of benzene rings is 1. The van der Waals surface area contributed by atoms with E-state index in [4.69, 9.17) is 22.3 Å². The molecule has 0 aliphatic carbocycles. The van der Waals surface area contributed by atoms with Crippen molar-refractivity contribution in [3.05, 3.63) is 28.3 Å². The van der Waals surface area contributed by atoms with Crippen LogP contribution in [0.4, 0.5) is 0 Å². The molecule has 1 unspecified atom stereocenters. The fraction of sp³-hybridized carbons (Fsp3) is 0.500. The van der Waals surface area contributed by atoms with Crippen LogP contribution in [0, 0.1) is 12.8 Å². The smallest absolute Gasteiger partial charge is 0.261 e. The van der Waals surface area contributed by atoms with Gasteiger partial charge < -0.3 is 4.90 Å². The van der Waals surface area contributed by atoms with Gasteiger partial charge in [-0.3, -0.25) is 4.79 Å². The van der Waals surface area contributed by atoms with Crippen molar-refractivity contribution < 1.29 is 13.2 Å². The number of carbonyl (C=O) groups is 1. The zero-order valence-electron chi connectivity index (χ0n) is 11.9. The number of likely N-dealkylation sites (tertiary alicyclic amines) is 1. The number of hydrogen-bond acceptors (Lipinski definition) is 3. The van der Waals surface area contributed by atoms with E-state index in [1.807, 2.05) is 0 Å². The molecule has 21 heavy (non-hydrogen) atoms. The molecular formula is C14H17Cl2NO3S. The third-order valence-corrected chi connectivity index (χ3v) is 5.80. The van der Waals surface area contributed by atoms with E-state index < -0.39 is 9.05 Å². The minimum absolute atomic E-state index is 0.105. The Balaban J connectivity index is 2.37. The molecule has 1 aliphatic heterocycles. The molecule has 1 atom stereocenters. The Hall–Kier alpha value is -0.780. The van der Waals surface area contributed by atoms with E-state index >= 15 is 0 Å². The van der Waals surface area contributed by atoms with Crippen LogP contribution in [0.3, 0.4) is 0 Å². The Bertz CT molecular complexity index is 673. The van der Waals surface area contributed by atoms with Crippen LogP contribution in [-0.2, 0) is 9.05 Å². The summed E-state index contributed by atoms with van der Waals surface area (Å²) >= 11 is 6.04. The maximum Gasteiger partial charge on any atom is 0.261 e. The lowest BCUT2D eigenvalue weighted by molar-refractivity contribution is 0.0786. The van der Waals surface area contributed by atoms with Crippen molar-refractivity contribution in [2.45, 2.75) is 31.6 Å². The number of halogens is 2. The fourth-order valence-electron chi connectivity index (χ4n) is 2.56. The molecule has 0 N–H and O–H groups in total. The average molecular weight is 350 g/mol. The van der Waals surface area contributed by atoms with Crippen LogP contribution in [-0.4, -0.2) is 32.3 Å². The molecule has 4 nitrogen and oxygen atoms in total. The van der Waals surface area contributed by atoms with Crippen LogP contribution in [0.5, 0.6) is 0 Å². The summed E-state index contributed by atoms with van der Waals surface area (Å²) in [5.41, 5.74) is 0.623. The van der Waals surface area contributed by atoms with Crippen molar-refractivity contribution in [1.29, 1.82) is 0 Å². The highest BCUT2D eigenvalue weighted by atomic mass is 35.7. The summed E-state index contributed by atoms with van der Waals surface area (Å²) in [6.45, 7) is 5.05. The Morgan fingerprint density at radius 3 is 2.62 bits per heavy atom. The topological polar surface area (TPSA) is 54.5 Å². The average Bonchev–Trinajstić information content (AvgIpc) is 2.88. The van der Waals surface area contributed by atoms with Crippen molar-refractivity contribution in [3.63, 3.8) is 0 Å². The van der Waals surface area contributed by atoms with Crippen molar-refractivity contribution in [3.8, 4) is 0 Å². The van der Waals surface area contributed by atoms with Gasteiger partial charge in [-0.15, -0.1) is 0 Å². The third-order valence-electron chi connectivity index (χ3n) is 3.96. The van der Waals surface area contributed by atoms with Crippen LogP contribution in [0.2, 0.25) is 5.02 Å². The molecule has 1 amide bonds. The summed E-state index contributed by atoms with van der Waals surface area (Å²) in [5.74, 6) is 0.306. The van der Waals surface area contributed by atoms with Crippen LogP contribution < -0.4 is 0 Å². The molecule has 0 radical (unpaired) electrons. The van der Waals surface area contributed by atoms with E-state index in [9.17, 15) is 13.2 Å². The van der Waals surface area contributed by atoms with Crippen molar-refractivity contribution in [2.75, 3.05) is 13.1 Å². The van der Waals surface area contributed by atoms with E-state index in [2.05, 4.69) is 6.92 Å². The van der Waals surface area contributed by atoms with E-state index in [1.165, 1.54) is 12.1 Å². The van der Waals surface area contributed by atoms with Gasteiger partial charge in [-0.25, -0.2) is 8.42 Å². The van der Waals surface area contributed by atoms with Gasteiger partial charge >= 0.3 is 0 Å². The highest BCUT2D eigenvalue weighted by Gasteiger charge is 2.27. The molecule has 116 valence electrons. The third kappa shape index (κ3) is 3.52. The van der Waals surface area contributed by atoms with Crippen molar-refractivity contribution in [1.82, 2.24) is 4.90 Å². The van der Waals surface area contributed by atoms with Crippen molar-refractivity contribution in [2.24, 2.45) is 5.92 Å². The zero-order chi connectivity index (χ0) is 15.8. The second-order valence-corrected chi connectivity index (χ2v) is 8.27. The van der Waals surface area contributed by atoms with Gasteiger partial charge in [0.1, 0.15) is 0 Å². The lowest BCUT2D eigenvalue weighted by Gasteiger charge is -2.17. The molecule has 2 rings (SSSR count). The summed E-state index contributed by atoms with van der Waals surface area (Å²) < 4.78 is 23.2. The second kappa shape index (κ2) is 6.15. The second-order valence-electron chi connectivity index (χ2n) is 5.33. The maximum atomic E-state index is 12.5. The summed E-state index contributed by atoms with van der Waals surface area (Å²) in [6, 6.07) is 2.81. The number of rotatable bonds is 3. The maximum absolute atomic E-state index is 12.5. The van der Waals surface area contributed by atoms with Gasteiger partial charge in [0.05, 0.1) is 4.90 Å². The standard InChI is InChI=1S/C14H17Cl2NO3S/c1-3-10-4-5-17(8-10)14(18)11-6-12(15)9(2)13(7-11)21(16,19)20/h6-7,10H,3-5,8H2,1-2H3. The number of hydrogen-bond donors (Lipinski definition) is 0. The molecule has 1 saturated heterocycles. The minimum Gasteiger partial charge on any atom is -0.338 e. The number of nitrogens with zero attached hydrogens (tertiary/aromatic N) is 1. The predicted molar refractivity (Wildman–Crippen MR) is 83.5 cm³/mol. The lowest BCUT2D eigenvalue weighted by atomic mass is 10.1. The van der Waals surface area contributed by atoms with Gasteiger partial charge in [0.15, 0.2) is 0 Å². The van der Waals surface area contributed by atoms with Gasteiger partial charge in [-0.2, -0.15) is 0 Å². The molecule has 0 spiro atoms. The van der Waals surface area contributed by atoms with Crippen molar-refractivity contribution >= 4 is 37.2 Å². The van der Waals surface area contributed by atoms with Crippen LogP contribution in [0.1, 0.15) is 35.7 Å². The highest BCUT2D eigenvalue weighted by molar-refractivity contribution is 8.13. The monoisotopic (exact) mass is 349 g/mol. The fourth-order valence-corrected chi connectivity index (χ4v) is 4.06. The van der Waals surface area contributed by atoms with Crippen LogP contribution >= 0.6 is 22.3 Å². The summed E-state index contributed by atoms with van der Waals surface area (Å²) in [5, 5.41) is 0.228. The number of carbonyl (C=O) groups excluding carboxylic acids is 1. The van der Waals surface area contributed by atoms with Gasteiger partial charge in [0.25, 0.3) is 15.0 Å². The van der Waals surface area contributed by atoms with E-state index in [0.29, 0.717) is 24.6 Å². The van der Waals surface area contributed by atoms with Gasteiger partial charge in [0.2, 0.25) is 0 Å². The Labute approximate surface area is 134 Å². The molecular weight excluding hydrogens is 333 g/mol. The molecule has 1 aromatic carbocycles. The predicted octanol–water partition coefficient (Wildman–Crippen LogP) is 3.45. The molecule has 1 aliphatic rings. The molecule has 1 fully saturated rings. The molecule has 0 bridgehead atoms. The van der Waals surface area contributed by atoms with E-state index in [0.717, 1.165) is 12.8 Å². The highest BCUT2D eigenvalue weighted by Crippen LogP contribution is 2.29. The van der Waals surface area contributed by atoms with Crippen LogP contribution in [0.15, 0.2) is 17.0 Å². The summed E-state index contributed by atoms with van der Waals surface area (Å²) in [4.78, 5) is 14.1. The van der Waals surface area contributed by atoms with Crippen LogP contribution in [0.25, 0.3) is 0 Å². The largest absolute Gasteiger partial charge is 0.338 e. The normalized spacial score (nSPS) is 19.0. The SMILES string of the molecule is CCC1CCN(C(=O)c2cc(Cl)c(C)c(S(=O)(=O)Cl)c2)C1. The zero-order valence-corrected chi connectivity index (χ0v) is 14.2. The molecule has 0 saturated carbocycles. The molecule has 1 heterocycles. The summed E-state index contributed by atoms with van der Waals surface area (Å²) in [7, 11) is 1.47. The molecule has 7 heteroatoms. The molecule has 0 aromatic heterocycles. The lowest BCUT2D eigenvalue weighted by Crippen LogP contribution is -2.28. The molecule has 1 aromatic rings. The quantitative estimate of drug-likeness (QED) is 0.785. The first-order valence-electron chi connectivity index (χ1n) is 6.78. The van der Waals surface area contributed by atoms with Gasteiger partial charge in [-0.1, -0.05) is 24.9 Å². The van der Waals surface area contributed by atoms with E-state index in [-0.39, 0.29) is 21.4 Å². The Morgan fingerprint density at radius 1 is 1.43 bits per heavy atom. The van der Waals surface area contributed by atoms with E-state index in [1.54, 1.807) is 11.8 Å². The number of amides is 1. The Kier molecular flexibility index (Phi) is 4.85. The minimum atomic E-state index is -3.93. The van der Waals surface area contributed by atoms with Gasteiger partial charge in [0, 0.05) is 34.4 Å². The van der Waals surface area contributed by atoms with Gasteiger partial charge in [-0.05, 0) is 37.0 Å². The first-order valence-corrected chi connectivity index (χ1v) is 9.46.